The predicted molar refractivity (Wildman–Crippen MR) is 73.3 cm³/mol. The molecule has 1 aromatic heterocycles. The molecule has 0 spiro atoms. The fraction of sp³-hybridized carbons (Fsp3) is 0.500. The number of carbonyl (C=O) groups excluding carboxylic acids is 1. The number of carboxylic acids is 1. The zero-order valence-corrected chi connectivity index (χ0v) is 12.7. The maximum Gasteiger partial charge on any atom is 0.326 e. The van der Waals surface area contributed by atoms with Crippen molar-refractivity contribution in [2.24, 2.45) is 5.92 Å². The van der Waals surface area contributed by atoms with Crippen LogP contribution in [0.4, 0.5) is 0 Å². The van der Waals surface area contributed by atoms with Crippen molar-refractivity contribution in [2.45, 2.75) is 31.4 Å². The quantitative estimate of drug-likeness (QED) is 0.669. The predicted octanol–water partition coefficient (Wildman–Crippen LogP) is 0.417. The van der Waals surface area contributed by atoms with Gasteiger partial charge in [0.15, 0.2) is 0 Å². The number of aliphatic carboxylic acids is 1. The summed E-state index contributed by atoms with van der Waals surface area (Å²) in [7, 11) is -2.58. The smallest absolute Gasteiger partial charge is 0.326 e. The first-order valence-electron chi connectivity index (χ1n) is 6.23. The van der Waals surface area contributed by atoms with E-state index >= 15 is 0 Å². The second-order valence-corrected chi connectivity index (χ2v) is 6.67. The molecular formula is C12H18N2O6S. The highest BCUT2D eigenvalue weighted by Crippen LogP contribution is 2.14. The minimum Gasteiger partial charge on any atom is -0.480 e. The molecule has 1 aromatic rings. The molecule has 1 unspecified atom stereocenters. The molecule has 0 radical (unpaired) electrons. The van der Waals surface area contributed by atoms with Gasteiger partial charge < -0.3 is 14.8 Å². The summed E-state index contributed by atoms with van der Waals surface area (Å²) in [5, 5.41) is 11.0. The van der Waals surface area contributed by atoms with E-state index in [1.807, 2.05) is 18.6 Å². The van der Waals surface area contributed by atoms with E-state index in [9.17, 15) is 18.0 Å². The lowest BCUT2D eigenvalue weighted by molar-refractivity contribution is -0.139. The molecule has 0 saturated heterocycles. The number of rotatable bonds is 7. The van der Waals surface area contributed by atoms with Crippen LogP contribution < -0.4 is 10.0 Å². The zero-order chi connectivity index (χ0) is 16.2. The number of hydrogen-bond acceptors (Lipinski definition) is 5. The van der Waals surface area contributed by atoms with E-state index < -0.39 is 33.0 Å². The first-order valence-corrected chi connectivity index (χ1v) is 7.71. The van der Waals surface area contributed by atoms with Crippen molar-refractivity contribution >= 4 is 21.9 Å². The SMILES string of the molecule is CNS(=O)(=O)c1cc(C(=O)NC(CC(C)C)C(=O)O)co1. The highest BCUT2D eigenvalue weighted by atomic mass is 32.2. The summed E-state index contributed by atoms with van der Waals surface area (Å²) in [6.45, 7) is 3.66. The fourth-order valence-corrected chi connectivity index (χ4v) is 2.27. The van der Waals surface area contributed by atoms with Gasteiger partial charge >= 0.3 is 5.97 Å². The number of amides is 1. The van der Waals surface area contributed by atoms with Crippen LogP contribution in [0.3, 0.4) is 0 Å². The number of hydrogen-bond donors (Lipinski definition) is 3. The summed E-state index contributed by atoms with van der Waals surface area (Å²) in [5.74, 6) is -1.77. The molecule has 1 atom stereocenters. The van der Waals surface area contributed by atoms with Crippen molar-refractivity contribution in [2.75, 3.05) is 7.05 Å². The number of nitrogens with one attached hydrogen (secondary N) is 2. The maximum atomic E-state index is 11.9. The summed E-state index contributed by atoms with van der Waals surface area (Å²) in [4.78, 5) is 23.0. The average molecular weight is 318 g/mol. The van der Waals surface area contributed by atoms with Crippen LogP contribution in [0, 0.1) is 5.92 Å². The Morgan fingerprint density at radius 1 is 1.38 bits per heavy atom. The van der Waals surface area contributed by atoms with Crippen LogP contribution in [0.25, 0.3) is 0 Å². The average Bonchev–Trinajstić information content (AvgIpc) is 2.87. The molecule has 1 amide bonds. The topological polar surface area (TPSA) is 126 Å². The van der Waals surface area contributed by atoms with E-state index in [1.165, 1.54) is 7.05 Å². The van der Waals surface area contributed by atoms with Crippen molar-refractivity contribution in [3.05, 3.63) is 17.9 Å². The van der Waals surface area contributed by atoms with Gasteiger partial charge in [-0.1, -0.05) is 13.8 Å². The molecule has 0 bridgehead atoms. The molecular weight excluding hydrogens is 300 g/mol. The summed E-state index contributed by atoms with van der Waals surface area (Å²) in [6, 6.07) is -0.00751. The number of carbonyl (C=O) groups is 2. The Balaban J connectivity index is 2.87. The standard InChI is InChI=1S/C12H18N2O6S/c1-7(2)4-9(12(16)17)14-11(15)8-5-10(20-6-8)21(18,19)13-3/h5-7,9,13H,4H2,1-3H3,(H,14,15)(H,16,17). The first kappa shape index (κ1) is 17.2. The van der Waals surface area contributed by atoms with Crippen LogP contribution in [0.15, 0.2) is 21.8 Å². The maximum absolute atomic E-state index is 11.9. The van der Waals surface area contributed by atoms with Crippen LogP contribution in [-0.4, -0.2) is 38.5 Å². The van der Waals surface area contributed by atoms with Crippen LogP contribution in [0.1, 0.15) is 30.6 Å². The molecule has 0 aromatic carbocycles. The van der Waals surface area contributed by atoms with Crippen molar-refractivity contribution in [1.82, 2.24) is 10.0 Å². The van der Waals surface area contributed by atoms with Gasteiger partial charge in [-0.05, 0) is 19.4 Å². The van der Waals surface area contributed by atoms with Gasteiger partial charge in [0.25, 0.3) is 15.9 Å². The van der Waals surface area contributed by atoms with E-state index in [-0.39, 0.29) is 17.9 Å². The van der Waals surface area contributed by atoms with Gasteiger partial charge in [0.1, 0.15) is 12.3 Å². The van der Waals surface area contributed by atoms with Gasteiger partial charge in [0, 0.05) is 6.07 Å². The summed E-state index contributed by atoms with van der Waals surface area (Å²) in [6.07, 6.45) is 1.23. The Kier molecular flexibility index (Phi) is 5.50. The van der Waals surface area contributed by atoms with Crippen molar-refractivity contribution in [1.29, 1.82) is 0 Å². The summed E-state index contributed by atoms with van der Waals surface area (Å²) >= 11 is 0. The lowest BCUT2D eigenvalue weighted by Crippen LogP contribution is -2.41. The molecule has 1 heterocycles. The van der Waals surface area contributed by atoms with E-state index in [4.69, 9.17) is 9.52 Å². The monoisotopic (exact) mass is 318 g/mol. The second-order valence-electron chi connectivity index (χ2n) is 4.86. The van der Waals surface area contributed by atoms with Crippen LogP contribution >= 0.6 is 0 Å². The van der Waals surface area contributed by atoms with E-state index in [2.05, 4.69) is 5.32 Å². The van der Waals surface area contributed by atoms with Crippen molar-refractivity contribution in [3.63, 3.8) is 0 Å². The molecule has 0 fully saturated rings. The summed E-state index contributed by atoms with van der Waals surface area (Å²) in [5.41, 5.74) is -0.0566. The molecule has 21 heavy (non-hydrogen) atoms. The molecule has 118 valence electrons. The number of carboxylic acid groups (broad SMARTS) is 1. The highest BCUT2D eigenvalue weighted by Gasteiger charge is 2.24. The minimum absolute atomic E-state index is 0.0566. The minimum atomic E-state index is -3.79. The Morgan fingerprint density at radius 2 is 2.00 bits per heavy atom. The van der Waals surface area contributed by atoms with Crippen LogP contribution in [0.5, 0.6) is 0 Å². The molecule has 0 saturated carbocycles. The van der Waals surface area contributed by atoms with Crippen LogP contribution in [-0.2, 0) is 14.8 Å². The van der Waals surface area contributed by atoms with E-state index in [1.54, 1.807) is 0 Å². The Morgan fingerprint density at radius 3 is 2.48 bits per heavy atom. The third kappa shape index (κ3) is 4.57. The largest absolute Gasteiger partial charge is 0.480 e. The number of sulfonamides is 1. The third-order valence-electron chi connectivity index (χ3n) is 2.68. The first-order chi connectivity index (χ1) is 9.67. The van der Waals surface area contributed by atoms with Crippen molar-refractivity contribution in [3.8, 4) is 0 Å². The van der Waals surface area contributed by atoms with E-state index in [0.29, 0.717) is 0 Å². The van der Waals surface area contributed by atoms with Gasteiger partial charge in [-0.3, -0.25) is 4.79 Å². The molecule has 9 heteroatoms. The Labute approximate surface area is 122 Å². The van der Waals surface area contributed by atoms with E-state index in [0.717, 1.165) is 12.3 Å². The lowest BCUT2D eigenvalue weighted by atomic mass is 10.0. The summed E-state index contributed by atoms with van der Waals surface area (Å²) < 4.78 is 29.8. The zero-order valence-electron chi connectivity index (χ0n) is 11.9. The fourth-order valence-electron chi connectivity index (χ4n) is 1.61. The molecule has 0 aliphatic carbocycles. The molecule has 3 N–H and O–H groups in total. The normalized spacial score (nSPS) is 13.1. The lowest BCUT2D eigenvalue weighted by Gasteiger charge is -2.15. The molecule has 0 aliphatic heterocycles. The Hall–Kier alpha value is -1.87. The van der Waals surface area contributed by atoms with Gasteiger partial charge in [-0.25, -0.2) is 17.9 Å². The number of furan rings is 1. The van der Waals surface area contributed by atoms with Crippen molar-refractivity contribution < 1.29 is 27.5 Å². The van der Waals surface area contributed by atoms with Gasteiger partial charge in [0.2, 0.25) is 5.09 Å². The molecule has 1 rings (SSSR count). The second kappa shape index (κ2) is 6.72. The highest BCUT2D eigenvalue weighted by molar-refractivity contribution is 7.89. The van der Waals surface area contributed by atoms with Crippen LogP contribution in [0.2, 0.25) is 0 Å². The molecule has 0 aliphatic rings. The van der Waals surface area contributed by atoms with Gasteiger partial charge in [-0.2, -0.15) is 0 Å². The third-order valence-corrected chi connectivity index (χ3v) is 3.96. The Bertz CT molecular complexity index is 619. The van der Waals surface area contributed by atoms with Gasteiger partial charge in [-0.15, -0.1) is 0 Å². The van der Waals surface area contributed by atoms with Gasteiger partial charge in [0.05, 0.1) is 5.56 Å². The molecule has 8 nitrogen and oxygen atoms in total.